The Balaban J connectivity index is 3.08. The first-order valence-electron chi connectivity index (χ1n) is 4.15. The highest BCUT2D eigenvalue weighted by Crippen LogP contribution is 2.13. The van der Waals surface area contributed by atoms with Gasteiger partial charge in [0.05, 0.1) is 17.4 Å². The first kappa shape index (κ1) is 11.5. The van der Waals surface area contributed by atoms with Crippen LogP contribution in [-0.4, -0.2) is 10.8 Å². The quantitative estimate of drug-likeness (QED) is 0.237. The smallest absolute Gasteiger partial charge is 0.297 e. The van der Waals surface area contributed by atoms with Crippen molar-refractivity contribution < 1.29 is 14.4 Å². The van der Waals surface area contributed by atoms with Crippen LogP contribution in [0.2, 0.25) is 0 Å². The maximum Gasteiger partial charge on any atom is 0.297 e. The third-order valence-electron chi connectivity index (χ3n) is 1.59. The van der Waals surface area contributed by atoms with Crippen molar-refractivity contribution >= 4 is 11.6 Å². The Morgan fingerprint density at radius 2 is 2.31 bits per heavy atom. The van der Waals surface area contributed by atoms with Crippen molar-refractivity contribution in [2.45, 2.75) is 6.42 Å². The van der Waals surface area contributed by atoms with Crippen molar-refractivity contribution in [3.8, 4) is 11.8 Å². The van der Waals surface area contributed by atoms with Crippen LogP contribution in [0.4, 0.5) is 5.69 Å². The molecule has 1 aromatic rings. The zero-order valence-electron chi connectivity index (χ0n) is 8.04. The van der Waals surface area contributed by atoms with Crippen LogP contribution in [0.25, 0.3) is 0 Å². The zero-order chi connectivity index (χ0) is 12.1. The van der Waals surface area contributed by atoms with E-state index in [0.29, 0.717) is 4.73 Å². The topological polar surface area (TPSA) is 113 Å². The monoisotopic (exact) mass is 221 g/mol. The van der Waals surface area contributed by atoms with E-state index < -0.39 is 10.8 Å². The van der Waals surface area contributed by atoms with Crippen LogP contribution < -0.4 is 10.5 Å². The molecule has 82 valence electrons. The molecule has 7 nitrogen and oxygen atoms in total. The van der Waals surface area contributed by atoms with E-state index in [1.54, 1.807) is 0 Å². The van der Waals surface area contributed by atoms with Gasteiger partial charge < -0.3 is 10.9 Å². The number of hydrogen-bond donors (Lipinski definition) is 1. The number of aromatic nitrogens is 1. The molecule has 0 aromatic carbocycles. The zero-order valence-corrected chi connectivity index (χ0v) is 8.04. The second-order valence-corrected chi connectivity index (χ2v) is 2.81. The van der Waals surface area contributed by atoms with Gasteiger partial charge in [0, 0.05) is 0 Å². The number of amides is 1. The number of carbonyl (C=O) groups excluding carboxylic acids is 1. The van der Waals surface area contributed by atoms with Gasteiger partial charge in [0.25, 0.3) is 5.69 Å². The fraction of sp³-hybridized carbons (Fsp3) is 0.111. The van der Waals surface area contributed by atoms with E-state index in [9.17, 15) is 20.1 Å². The fourth-order valence-corrected chi connectivity index (χ4v) is 0.952. The number of rotatable bonds is 2. The van der Waals surface area contributed by atoms with E-state index in [0.717, 1.165) is 18.5 Å². The number of nitrogens with two attached hydrogens (primary N) is 1. The van der Waals surface area contributed by atoms with E-state index in [1.807, 2.05) is 0 Å². The van der Waals surface area contributed by atoms with Crippen molar-refractivity contribution in [3.63, 3.8) is 0 Å². The maximum atomic E-state index is 10.9. The minimum atomic E-state index is -0.658. The standard InChI is InChI=1S/C9H7N3O4/c10-9(13)3-1-2-7-6-11(14)5-4-8(7)12(15)16/h4-6H,3H2,(H2,10,13). The summed E-state index contributed by atoms with van der Waals surface area (Å²) in [5.74, 6) is 4.06. The Hall–Kier alpha value is -2.62. The molecule has 0 unspecified atom stereocenters. The SMILES string of the molecule is NC(=O)CC#Cc1c[n+]([O-])ccc1[N+](=O)[O-]. The third kappa shape index (κ3) is 2.95. The average molecular weight is 221 g/mol. The highest BCUT2D eigenvalue weighted by molar-refractivity contribution is 5.76. The van der Waals surface area contributed by atoms with E-state index in [1.165, 1.54) is 0 Å². The van der Waals surface area contributed by atoms with Crippen LogP contribution in [0.1, 0.15) is 12.0 Å². The van der Waals surface area contributed by atoms with Crippen LogP contribution in [0.15, 0.2) is 18.5 Å². The van der Waals surface area contributed by atoms with Gasteiger partial charge in [-0.1, -0.05) is 11.8 Å². The van der Waals surface area contributed by atoms with E-state index in [4.69, 9.17) is 5.73 Å². The molecule has 1 rings (SSSR count). The fourth-order valence-electron chi connectivity index (χ4n) is 0.952. The first-order chi connectivity index (χ1) is 7.50. The number of carbonyl (C=O) groups is 1. The largest absolute Gasteiger partial charge is 0.619 e. The van der Waals surface area contributed by atoms with E-state index in [-0.39, 0.29) is 17.7 Å². The predicted molar refractivity (Wildman–Crippen MR) is 52.7 cm³/mol. The Kier molecular flexibility index (Phi) is 3.40. The van der Waals surface area contributed by atoms with Gasteiger partial charge in [-0.25, -0.2) is 0 Å². The molecule has 0 fully saturated rings. The predicted octanol–water partition coefficient (Wildman–Crippen LogP) is -0.545. The number of primary amides is 1. The summed E-state index contributed by atoms with van der Waals surface area (Å²) < 4.78 is 0.390. The van der Waals surface area contributed by atoms with Crippen LogP contribution in [0.5, 0.6) is 0 Å². The molecule has 1 heterocycles. The minimum absolute atomic E-state index is 0.0521. The van der Waals surface area contributed by atoms with Crippen LogP contribution in [-0.2, 0) is 4.79 Å². The molecule has 0 spiro atoms. The highest BCUT2D eigenvalue weighted by Gasteiger charge is 2.14. The summed E-state index contributed by atoms with van der Waals surface area (Å²) in [5, 5.41) is 21.5. The van der Waals surface area contributed by atoms with Crippen LogP contribution >= 0.6 is 0 Å². The van der Waals surface area contributed by atoms with Crippen molar-refractivity contribution in [2.24, 2.45) is 5.73 Å². The molecule has 0 radical (unpaired) electrons. The molecule has 0 saturated carbocycles. The number of pyridine rings is 1. The summed E-state index contributed by atoms with van der Waals surface area (Å²) in [6.45, 7) is 0. The van der Waals surface area contributed by atoms with Crippen molar-refractivity contribution in [3.05, 3.63) is 39.3 Å². The third-order valence-corrected chi connectivity index (χ3v) is 1.59. The molecule has 0 atom stereocenters. The summed E-state index contributed by atoms with van der Waals surface area (Å²) >= 11 is 0. The van der Waals surface area contributed by atoms with Crippen molar-refractivity contribution in [1.82, 2.24) is 0 Å². The molecule has 0 aliphatic carbocycles. The van der Waals surface area contributed by atoms with Gasteiger partial charge in [-0.05, 0) is 0 Å². The van der Waals surface area contributed by atoms with Crippen molar-refractivity contribution in [2.75, 3.05) is 0 Å². The Bertz CT molecular complexity index is 501. The Morgan fingerprint density at radius 3 is 2.88 bits per heavy atom. The van der Waals surface area contributed by atoms with Gasteiger partial charge >= 0.3 is 0 Å². The van der Waals surface area contributed by atoms with Gasteiger partial charge in [-0.2, -0.15) is 4.73 Å². The summed E-state index contributed by atoms with van der Waals surface area (Å²) in [5.41, 5.74) is 4.50. The summed E-state index contributed by atoms with van der Waals surface area (Å²) in [4.78, 5) is 20.3. The lowest BCUT2D eigenvalue weighted by Crippen LogP contribution is -2.25. The minimum Gasteiger partial charge on any atom is -0.619 e. The van der Waals surface area contributed by atoms with Gasteiger partial charge in [-0.3, -0.25) is 14.9 Å². The molecule has 7 heteroatoms. The molecular weight excluding hydrogens is 214 g/mol. The lowest BCUT2D eigenvalue weighted by molar-refractivity contribution is -0.606. The molecule has 0 bridgehead atoms. The number of nitro groups is 1. The van der Waals surface area contributed by atoms with Gasteiger partial charge in [0.15, 0.2) is 11.8 Å². The first-order valence-corrected chi connectivity index (χ1v) is 4.15. The molecule has 1 amide bonds. The molecule has 0 saturated heterocycles. The van der Waals surface area contributed by atoms with E-state index >= 15 is 0 Å². The van der Waals surface area contributed by atoms with Crippen LogP contribution in [0.3, 0.4) is 0 Å². The number of hydrogen-bond acceptors (Lipinski definition) is 4. The highest BCUT2D eigenvalue weighted by atomic mass is 16.6. The molecule has 0 aliphatic heterocycles. The molecular formula is C9H7N3O4. The lowest BCUT2D eigenvalue weighted by atomic mass is 10.2. The molecule has 2 N–H and O–H groups in total. The summed E-state index contributed by atoms with van der Waals surface area (Å²) in [6.07, 6.45) is 1.74. The van der Waals surface area contributed by atoms with Gasteiger partial charge in [0.1, 0.15) is 0 Å². The number of nitrogens with zero attached hydrogens (tertiary/aromatic N) is 2. The van der Waals surface area contributed by atoms with E-state index in [2.05, 4.69) is 11.8 Å². The Morgan fingerprint density at radius 1 is 1.62 bits per heavy atom. The molecule has 1 aromatic heterocycles. The second kappa shape index (κ2) is 4.75. The summed E-state index contributed by atoms with van der Waals surface area (Å²) in [6, 6.07) is 1.04. The Labute approximate surface area is 90.2 Å². The van der Waals surface area contributed by atoms with Crippen LogP contribution in [0, 0.1) is 27.2 Å². The average Bonchev–Trinajstić information content (AvgIpc) is 2.16. The maximum absolute atomic E-state index is 10.9. The molecule has 16 heavy (non-hydrogen) atoms. The lowest BCUT2D eigenvalue weighted by Gasteiger charge is -1.96. The van der Waals surface area contributed by atoms with Gasteiger partial charge in [0.2, 0.25) is 12.1 Å². The molecule has 0 aliphatic rings. The van der Waals surface area contributed by atoms with Gasteiger partial charge in [-0.15, -0.1) is 0 Å². The second-order valence-electron chi connectivity index (χ2n) is 2.81. The summed E-state index contributed by atoms with van der Waals surface area (Å²) in [7, 11) is 0. The van der Waals surface area contributed by atoms with Crippen molar-refractivity contribution in [1.29, 1.82) is 0 Å². The normalized spacial score (nSPS) is 9.00.